The summed E-state index contributed by atoms with van der Waals surface area (Å²) in [4.78, 5) is 23.3. The Hall–Kier alpha value is -1.93. The fraction of sp³-hybridized carbons (Fsp3) is 0.333. The van der Waals surface area contributed by atoms with Gasteiger partial charge in [-0.2, -0.15) is 0 Å². The predicted octanol–water partition coefficient (Wildman–Crippen LogP) is 3.23. The van der Waals surface area contributed by atoms with Crippen LogP contribution >= 0.6 is 23.1 Å². The van der Waals surface area contributed by atoms with Gasteiger partial charge >= 0.3 is 0 Å². The maximum Gasteiger partial charge on any atom is 0.234 e. The summed E-state index contributed by atoms with van der Waals surface area (Å²) in [5, 5.41) is 13.8. The number of aromatic nitrogens is 2. The van der Waals surface area contributed by atoms with E-state index in [1.54, 1.807) is 6.92 Å². The van der Waals surface area contributed by atoms with Crippen LogP contribution in [0.25, 0.3) is 0 Å². The van der Waals surface area contributed by atoms with Gasteiger partial charge in [-0.1, -0.05) is 36.1 Å². The van der Waals surface area contributed by atoms with E-state index >= 15 is 0 Å². The summed E-state index contributed by atoms with van der Waals surface area (Å²) in [7, 11) is 0. The molecule has 0 unspecified atom stereocenters. The molecule has 6 nitrogen and oxygen atoms in total. The molecular weight excluding hydrogens is 332 g/mol. The van der Waals surface area contributed by atoms with Crippen molar-refractivity contribution in [3.63, 3.8) is 0 Å². The quantitative estimate of drug-likeness (QED) is 0.617. The second-order valence-electron chi connectivity index (χ2n) is 4.99. The number of rotatable bonds is 6. The minimum atomic E-state index is -0.106. The van der Waals surface area contributed by atoms with E-state index in [0.29, 0.717) is 15.9 Å². The Morgan fingerprint density at radius 2 is 1.78 bits per heavy atom. The van der Waals surface area contributed by atoms with Crippen LogP contribution in [0.3, 0.4) is 0 Å². The van der Waals surface area contributed by atoms with Crippen molar-refractivity contribution >= 4 is 45.7 Å². The molecule has 0 saturated heterocycles. The molecule has 0 saturated carbocycles. The first-order chi connectivity index (χ1) is 11.0. The van der Waals surface area contributed by atoms with Crippen molar-refractivity contribution in [3.05, 3.63) is 29.3 Å². The third-order valence-corrected chi connectivity index (χ3v) is 4.78. The van der Waals surface area contributed by atoms with Gasteiger partial charge in [-0.25, -0.2) is 0 Å². The van der Waals surface area contributed by atoms with E-state index in [4.69, 9.17) is 0 Å². The van der Waals surface area contributed by atoms with E-state index in [0.717, 1.165) is 16.8 Å². The van der Waals surface area contributed by atoms with E-state index < -0.39 is 0 Å². The Kier molecular flexibility index (Phi) is 6.12. The first kappa shape index (κ1) is 17.4. The molecule has 2 amide bonds. The Morgan fingerprint density at radius 3 is 2.43 bits per heavy atom. The fourth-order valence-corrected chi connectivity index (χ4v) is 3.47. The molecule has 0 bridgehead atoms. The summed E-state index contributed by atoms with van der Waals surface area (Å²) >= 11 is 2.55. The third-order valence-electron chi connectivity index (χ3n) is 2.81. The number of thioether (sulfide) groups is 1. The zero-order chi connectivity index (χ0) is 16.8. The molecule has 8 heteroatoms. The van der Waals surface area contributed by atoms with Crippen molar-refractivity contribution in [2.75, 3.05) is 16.4 Å². The van der Waals surface area contributed by atoms with Gasteiger partial charge < -0.3 is 10.6 Å². The van der Waals surface area contributed by atoms with Crippen LogP contribution in [0.5, 0.6) is 0 Å². The molecule has 0 aliphatic rings. The second kappa shape index (κ2) is 8.07. The molecule has 0 radical (unpaired) electrons. The summed E-state index contributed by atoms with van der Waals surface area (Å²) in [5.41, 5.74) is 3.00. The SMILES string of the molecule is CCC(=O)Nc1nnc(SCC(=O)Nc2cc(C)cc(C)c2)s1. The van der Waals surface area contributed by atoms with Gasteiger partial charge in [-0.05, 0) is 37.1 Å². The number of nitrogens with zero attached hydrogens (tertiary/aromatic N) is 2. The first-order valence-corrected chi connectivity index (χ1v) is 8.90. The van der Waals surface area contributed by atoms with Crippen molar-refractivity contribution in [2.24, 2.45) is 0 Å². The molecule has 0 fully saturated rings. The molecule has 1 aromatic heterocycles. The van der Waals surface area contributed by atoms with E-state index in [-0.39, 0.29) is 17.6 Å². The van der Waals surface area contributed by atoms with Crippen LogP contribution in [0.2, 0.25) is 0 Å². The Bertz CT molecular complexity index is 695. The fourth-order valence-electron chi connectivity index (χ4n) is 1.90. The lowest BCUT2D eigenvalue weighted by atomic mass is 10.1. The molecule has 23 heavy (non-hydrogen) atoms. The molecule has 2 aromatic rings. The van der Waals surface area contributed by atoms with Crippen molar-refractivity contribution in [2.45, 2.75) is 31.5 Å². The average Bonchev–Trinajstić information content (AvgIpc) is 2.91. The maximum absolute atomic E-state index is 12.0. The molecule has 1 aromatic carbocycles. The molecule has 0 atom stereocenters. The van der Waals surface area contributed by atoms with Gasteiger partial charge in [0.25, 0.3) is 0 Å². The van der Waals surface area contributed by atoms with Crippen molar-refractivity contribution < 1.29 is 9.59 Å². The van der Waals surface area contributed by atoms with Crippen molar-refractivity contribution in [1.82, 2.24) is 10.2 Å². The summed E-state index contributed by atoms with van der Waals surface area (Å²) < 4.78 is 0.645. The van der Waals surface area contributed by atoms with Crippen molar-refractivity contribution in [3.8, 4) is 0 Å². The number of hydrogen-bond donors (Lipinski definition) is 2. The molecule has 2 rings (SSSR count). The third kappa shape index (κ3) is 5.65. The van der Waals surface area contributed by atoms with Crippen LogP contribution in [0.1, 0.15) is 24.5 Å². The standard InChI is InChI=1S/C15H18N4O2S2/c1-4-12(20)17-14-18-19-15(23-14)22-8-13(21)16-11-6-9(2)5-10(3)7-11/h5-7H,4,8H2,1-3H3,(H,16,21)(H,17,18,20). The lowest BCUT2D eigenvalue weighted by molar-refractivity contribution is -0.116. The lowest BCUT2D eigenvalue weighted by Gasteiger charge is -2.06. The van der Waals surface area contributed by atoms with Crippen LogP contribution in [-0.2, 0) is 9.59 Å². The van der Waals surface area contributed by atoms with Crippen LogP contribution in [0.15, 0.2) is 22.5 Å². The minimum absolute atomic E-state index is 0.102. The van der Waals surface area contributed by atoms with Gasteiger partial charge in [0.1, 0.15) is 0 Å². The van der Waals surface area contributed by atoms with Gasteiger partial charge in [0, 0.05) is 12.1 Å². The van der Waals surface area contributed by atoms with Crippen LogP contribution < -0.4 is 10.6 Å². The molecule has 0 spiro atoms. The molecule has 0 aliphatic carbocycles. The molecule has 0 aliphatic heterocycles. The number of amides is 2. The highest BCUT2D eigenvalue weighted by Crippen LogP contribution is 2.25. The van der Waals surface area contributed by atoms with E-state index in [9.17, 15) is 9.59 Å². The smallest absolute Gasteiger partial charge is 0.234 e. The Morgan fingerprint density at radius 1 is 1.09 bits per heavy atom. The van der Waals surface area contributed by atoms with Crippen LogP contribution in [0.4, 0.5) is 10.8 Å². The van der Waals surface area contributed by atoms with Gasteiger partial charge in [-0.3, -0.25) is 9.59 Å². The highest BCUT2D eigenvalue weighted by molar-refractivity contribution is 8.01. The number of aryl methyl sites for hydroxylation is 2. The minimum Gasteiger partial charge on any atom is -0.325 e. The highest BCUT2D eigenvalue weighted by atomic mass is 32.2. The molecule has 1 heterocycles. The van der Waals surface area contributed by atoms with Gasteiger partial charge in [0.2, 0.25) is 16.9 Å². The predicted molar refractivity (Wildman–Crippen MR) is 94.1 cm³/mol. The Balaban J connectivity index is 1.85. The van der Waals surface area contributed by atoms with Crippen LogP contribution in [0, 0.1) is 13.8 Å². The monoisotopic (exact) mass is 350 g/mol. The molecule has 122 valence electrons. The highest BCUT2D eigenvalue weighted by Gasteiger charge is 2.10. The topological polar surface area (TPSA) is 84.0 Å². The number of hydrogen-bond acceptors (Lipinski definition) is 6. The van der Waals surface area contributed by atoms with E-state index in [2.05, 4.69) is 26.9 Å². The second-order valence-corrected chi connectivity index (χ2v) is 7.19. The number of benzene rings is 1. The average molecular weight is 350 g/mol. The van der Waals surface area contributed by atoms with E-state index in [1.165, 1.54) is 23.1 Å². The molecule has 2 N–H and O–H groups in total. The summed E-state index contributed by atoms with van der Waals surface area (Å²) in [6.07, 6.45) is 0.389. The number of nitrogens with one attached hydrogen (secondary N) is 2. The maximum atomic E-state index is 12.0. The summed E-state index contributed by atoms with van der Waals surface area (Å²) in [6.45, 7) is 5.75. The summed E-state index contributed by atoms with van der Waals surface area (Å²) in [5.74, 6) is 0.0307. The van der Waals surface area contributed by atoms with Gasteiger partial charge in [0.15, 0.2) is 4.34 Å². The number of carbonyl (C=O) groups excluding carboxylic acids is 2. The van der Waals surface area contributed by atoms with Gasteiger partial charge in [-0.15, -0.1) is 10.2 Å². The zero-order valence-electron chi connectivity index (χ0n) is 13.2. The normalized spacial score (nSPS) is 10.4. The first-order valence-electron chi connectivity index (χ1n) is 7.10. The van der Waals surface area contributed by atoms with E-state index in [1.807, 2.05) is 26.0 Å². The van der Waals surface area contributed by atoms with Crippen molar-refractivity contribution in [1.29, 1.82) is 0 Å². The molecular formula is C15H18N4O2S2. The summed E-state index contributed by atoms with van der Waals surface area (Å²) in [6, 6.07) is 5.91. The Labute approximate surface area is 143 Å². The largest absolute Gasteiger partial charge is 0.325 e. The number of carbonyl (C=O) groups is 2. The zero-order valence-corrected chi connectivity index (χ0v) is 14.8. The lowest BCUT2D eigenvalue weighted by Crippen LogP contribution is -2.14. The number of anilines is 2. The van der Waals surface area contributed by atoms with Gasteiger partial charge in [0.05, 0.1) is 5.75 Å². The van der Waals surface area contributed by atoms with Crippen LogP contribution in [-0.4, -0.2) is 27.8 Å².